The van der Waals surface area contributed by atoms with Crippen LogP contribution in [-0.4, -0.2) is 49.7 Å². The number of rotatable bonds is 5. The van der Waals surface area contributed by atoms with Gasteiger partial charge in [-0.2, -0.15) is 0 Å². The maximum absolute atomic E-state index is 13.6. The molecule has 1 N–H and O–H groups in total. The van der Waals surface area contributed by atoms with Gasteiger partial charge in [-0.15, -0.1) is 0 Å². The van der Waals surface area contributed by atoms with Gasteiger partial charge in [0.05, 0.1) is 12.2 Å². The number of pyridine rings is 3. The fourth-order valence-corrected chi connectivity index (χ4v) is 4.60. The van der Waals surface area contributed by atoms with Crippen molar-refractivity contribution in [2.24, 2.45) is 4.99 Å². The monoisotopic (exact) mass is 465 g/mol. The van der Waals surface area contributed by atoms with E-state index in [2.05, 4.69) is 35.4 Å². The molecule has 8 nitrogen and oxygen atoms in total. The van der Waals surface area contributed by atoms with Crippen LogP contribution in [0.2, 0.25) is 0 Å². The molecule has 5 heterocycles. The molecule has 0 saturated heterocycles. The smallest absolute Gasteiger partial charge is 0.260 e. The van der Waals surface area contributed by atoms with E-state index >= 15 is 0 Å². The molecule has 4 aromatic rings. The van der Waals surface area contributed by atoms with Crippen LogP contribution in [0.5, 0.6) is 0 Å². The highest BCUT2D eigenvalue weighted by molar-refractivity contribution is 6.11. The van der Waals surface area contributed by atoms with Crippen molar-refractivity contribution in [2.45, 2.75) is 33.4 Å². The molecular formula is C27H27N7O. The van der Waals surface area contributed by atoms with Crippen LogP contribution >= 0.6 is 0 Å². The molecule has 5 rings (SSSR count). The van der Waals surface area contributed by atoms with E-state index in [0.717, 1.165) is 33.5 Å². The zero-order valence-electron chi connectivity index (χ0n) is 20.3. The van der Waals surface area contributed by atoms with Crippen molar-refractivity contribution < 1.29 is 4.79 Å². The van der Waals surface area contributed by atoms with Gasteiger partial charge in [-0.05, 0) is 57.3 Å². The minimum absolute atomic E-state index is 0.0878. The quantitative estimate of drug-likeness (QED) is 0.340. The van der Waals surface area contributed by atoms with E-state index in [9.17, 15) is 4.79 Å². The Kier molecular flexibility index (Phi) is 5.64. The molecule has 4 aromatic heterocycles. The van der Waals surface area contributed by atoms with Gasteiger partial charge in [-0.1, -0.05) is 12.6 Å². The van der Waals surface area contributed by atoms with Crippen LogP contribution in [0.1, 0.15) is 41.2 Å². The highest BCUT2D eigenvalue weighted by Crippen LogP contribution is 2.36. The number of anilines is 1. The highest BCUT2D eigenvalue weighted by atomic mass is 16.2. The van der Waals surface area contributed by atoms with Crippen molar-refractivity contribution in [3.63, 3.8) is 0 Å². The molecule has 0 unspecified atom stereocenters. The lowest BCUT2D eigenvalue weighted by molar-refractivity contribution is 0.0996. The summed E-state index contributed by atoms with van der Waals surface area (Å²) in [5.74, 6) is 1.18. The predicted octanol–water partition coefficient (Wildman–Crippen LogP) is 4.72. The minimum Gasteiger partial charge on any atom is -0.346 e. The number of carbonyl (C=O) groups excluding carboxylic acids is 1. The van der Waals surface area contributed by atoms with E-state index in [1.54, 1.807) is 24.3 Å². The van der Waals surface area contributed by atoms with Crippen LogP contribution in [0.25, 0.3) is 22.3 Å². The Morgan fingerprint density at radius 2 is 2.06 bits per heavy atom. The first-order valence-electron chi connectivity index (χ1n) is 11.5. The van der Waals surface area contributed by atoms with Crippen LogP contribution in [0, 0.1) is 6.92 Å². The third-order valence-electron chi connectivity index (χ3n) is 6.21. The lowest BCUT2D eigenvalue weighted by Crippen LogP contribution is -2.33. The molecule has 1 aliphatic rings. The van der Waals surface area contributed by atoms with Crippen LogP contribution in [-0.2, 0) is 6.54 Å². The van der Waals surface area contributed by atoms with Crippen molar-refractivity contribution in [1.29, 1.82) is 0 Å². The first-order valence-corrected chi connectivity index (χ1v) is 11.5. The summed E-state index contributed by atoms with van der Waals surface area (Å²) in [7, 11) is 1.73. The second-order valence-electron chi connectivity index (χ2n) is 8.74. The second kappa shape index (κ2) is 8.79. The first kappa shape index (κ1) is 22.5. The summed E-state index contributed by atoms with van der Waals surface area (Å²) in [6.45, 7) is 10.3. The van der Waals surface area contributed by atoms with Crippen molar-refractivity contribution in [3.8, 4) is 11.3 Å². The van der Waals surface area contributed by atoms with Crippen molar-refractivity contribution in [1.82, 2.24) is 24.8 Å². The van der Waals surface area contributed by atoms with Gasteiger partial charge in [0.15, 0.2) is 5.84 Å². The zero-order valence-corrected chi connectivity index (χ0v) is 20.3. The topological polar surface area (TPSA) is 90.4 Å². The molecule has 0 atom stereocenters. The van der Waals surface area contributed by atoms with Gasteiger partial charge in [0.2, 0.25) is 0 Å². The van der Waals surface area contributed by atoms with Gasteiger partial charge in [-0.3, -0.25) is 19.7 Å². The Hall–Kier alpha value is -4.33. The normalized spacial score (nSPS) is 13.6. The number of hydrogen-bond donors (Lipinski definition) is 1. The SMILES string of the molecule is C=CN(/C(=N\C)c1cccc(N2Cc3c(cc(C)nc3-c3ccnc4[nH]ccc34)C2=O)n1)C(C)C. The molecule has 1 amide bonds. The Morgan fingerprint density at radius 3 is 2.80 bits per heavy atom. The zero-order chi connectivity index (χ0) is 24.7. The molecular weight excluding hydrogens is 438 g/mol. The molecule has 0 aromatic carbocycles. The minimum atomic E-state index is -0.0878. The number of carbonyl (C=O) groups is 1. The standard InChI is InChI=1S/C27H27N7O/c1-6-33(16(2)3)26(28-5)22-8-7-9-23(32-22)34-15-21-20(27(34)35)14-17(4)31-24(21)18-10-12-29-25-19(18)11-13-30-25/h6-14,16H,1,15H2,2-5H3,(H,29,30)/b28-26-. The lowest BCUT2D eigenvalue weighted by Gasteiger charge is -2.26. The lowest BCUT2D eigenvalue weighted by atomic mass is 10.0. The molecule has 0 fully saturated rings. The van der Waals surface area contributed by atoms with Crippen molar-refractivity contribution in [3.05, 3.63) is 84.1 Å². The number of amidine groups is 1. The number of H-pyrrole nitrogens is 1. The fourth-order valence-electron chi connectivity index (χ4n) is 4.60. The third kappa shape index (κ3) is 3.77. The van der Waals surface area contributed by atoms with Gasteiger partial charge in [0.1, 0.15) is 17.2 Å². The van der Waals surface area contributed by atoms with E-state index in [4.69, 9.17) is 9.97 Å². The van der Waals surface area contributed by atoms with Crippen molar-refractivity contribution in [2.75, 3.05) is 11.9 Å². The average Bonchev–Trinajstić information content (AvgIpc) is 3.46. The summed E-state index contributed by atoms with van der Waals surface area (Å²) in [6, 6.07) is 11.6. The molecule has 35 heavy (non-hydrogen) atoms. The highest BCUT2D eigenvalue weighted by Gasteiger charge is 2.33. The maximum atomic E-state index is 13.6. The summed E-state index contributed by atoms with van der Waals surface area (Å²) < 4.78 is 0. The number of aromatic amines is 1. The largest absolute Gasteiger partial charge is 0.346 e. The molecule has 8 heteroatoms. The number of fused-ring (bicyclic) bond motifs is 2. The van der Waals surface area contributed by atoms with E-state index in [0.29, 0.717) is 29.5 Å². The molecule has 0 bridgehead atoms. The van der Waals surface area contributed by atoms with Crippen LogP contribution in [0.3, 0.4) is 0 Å². The summed E-state index contributed by atoms with van der Waals surface area (Å²) in [5, 5.41) is 0.973. The van der Waals surface area contributed by atoms with Gasteiger partial charge >= 0.3 is 0 Å². The summed E-state index contributed by atoms with van der Waals surface area (Å²) in [5.41, 5.74) is 5.55. The number of amides is 1. The van der Waals surface area contributed by atoms with E-state index in [-0.39, 0.29) is 11.9 Å². The second-order valence-corrected chi connectivity index (χ2v) is 8.74. The van der Waals surface area contributed by atoms with Crippen LogP contribution < -0.4 is 4.90 Å². The molecule has 0 spiro atoms. The predicted molar refractivity (Wildman–Crippen MR) is 138 cm³/mol. The van der Waals surface area contributed by atoms with Gasteiger partial charge in [0, 0.05) is 53.3 Å². The Bertz CT molecular complexity index is 1480. The van der Waals surface area contributed by atoms with Gasteiger partial charge in [0.25, 0.3) is 5.91 Å². The van der Waals surface area contributed by atoms with E-state index in [1.165, 1.54) is 0 Å². The van der Waals surface area contributed by atoms with Gasteiger partial charge < -0.3 is 9.88 Å². The number of nitrogens with zero attached hydrogens (tertiary/aromatic N) is 6. The average molecular weight is 466 g/mol. The molecule has 176 valence electrons. The molecule has 0 radical (unpaired) electrons. The number of aliphatic imine (C=N–C) groups is 1. The molecule has 0 aliphatic carbocycles. The van der Waals surface area contributed by atoms with Gasteiger partial charge in [-0.25, -0.2) is 9.97 Å². The summed E-state index contributed by atoms with van der Waals surface area (Å²) >= 11 is 0. The molecule has 1 aliphatic heterocycles. The summed E-state index contributed by atoms with van der Waals surface area (Å²) in [4.78, 5) is 38.9. The number of aryl methyl sites for hydroxylation is 1. The Morgan fingerprint density at radius 1 is 1.23 bits per heavy atom. The fraction of sp³-hybridized carbons (Fsp3) is 0.222. The van der Waals surface area contributed by atoms with Crippen LogP contribution in [0.15, 0.2) is 66.6 Å². The Labute approximate surface area is 204 Å². The summed E-state index contributed by atoms with van der Waals surface area (Å²) in [6.07, 6.45) is 5.37. The maximum Gasteiger partial charge on any atom is 0.260 e. The van der Waals surface area contributed by atoms with Crippen LogP contribution in [0.4, 0.5) is 5.82 Å². The number of aromatic nitrogens is 4. The number of hydrogen-bond acceptors (Lipinski definition) is 5. The van der Waals surface area contributed by atoms with E-state index < -0.39 is 0 Å². The number of nitrogens with one attached hydrogen (secondary N) is 1. The Balaban J connectivity index is 1.57. The van der Waals surface area contributed by atoms with E-state index in [1.807, 2.05) is 54.4 Å². The van der Waals surface area contributed by atoms with Crippen molar-refractivity contribution >= 4 is 28.6 Å². The third-order valence-corrected chi connectivity index (χ3v) is 6.21. The first-order chi connectivity index (χ1) is 16.9. The molecule has 0 saturated carbocycles.